The zero-order valence-corrected chi connectivity index (χ0v) is 35.0. The van der Waals surface area contributed by atoms with Gasteiger partial charge in [0.15, 0.2) is 0 Å². The molecule has 14 nitrogen and oxygen atoms in total. The van der Waals surface area contributed by atoms with Gasteiger partial charge in [-0.05, 0) is 66.8 Å². The molecule has 0 bridgehead atoms. The van der Waals surface area contributed by atoms with Gasteiger partial charge in [0.2, 0.25) is 11.8 Å². The van der Waals surface area contributed by atoms with E-state index in [1.54, 1.807) is 16.0 Å². The van der Waals surface area contributed by atoms with Gasteiger partial charge in [0.1, 0.15) is 24.7 Å². The average molecular weight is 787 g/mol. The van der Waals surface area contributed by atoms with Crippen LogP contribution in [0, 0.1) is 0 Å². The van der Waals surface area contributed by atoms with Gasteiger partial charge in [0.05, 0.1) is 51.1 Å². The Hall–Kier alpha value is -5.66. The molecule has 1 aliphatic carbocycles. The Morgan fingerprint density at radius 1 is 0.649 bits per heavy atom. The molecule has 2 aromatic carbocycles. The summed E-state index contributed by atoms with van der Waals surface area (Å²) >= 11 is 0. The molecule has 1 aliphatic rings. The van der Waals surface area contributed by atoms with Crippen molar-refractivity contribution in [1.29, 1.82) is 0 Å². The zero-order valence-electron chi connectivity index (χ0n) is 35.0. The highest BCUT2D eigenvalue weighted by Gasteiger charge is 2.22. The van der Waals surface area contributed by atoms with Crippen LogP contribution in [0.2, 0.25) is 0 Å². The lowest BCUT2D eigenvalue weighted by atomic mass is 9.82. The minimum absolute atomic E-state index is 0.141. The van der Waals surface area contributed by atoms with E-state index in [2.05, 4.69) is 104 Å². The van der Waals surface area contributed by atoms with Crippen LogP contribution in [0.3, 0.4) is 0 Å². The Balaban J connectivity index is 0.00000136. The number of rotatable bonds is 14. The third-order valence-electron chi connectivity index (χ3n) is 8.99. The SMILES string of the molecule is CCC.CCC.CCCN(Cc1ncc(-c2ccc(-c3ccc(-c4cnc(CN(CC)C(=O)CNC(=O)OC)[nH]4)cc3)c3c2CCCC3)[nH]1)C(=O)CNC(=O)OC. The largest absolute Gasteiger partial charge is 0.453 e. The minimum atomic E-state index is -0.652. The molecule has 14 heteroatoms. The summed E-state index contributed by atoms with van der Waals surface area (Å²) in [6.45, 7) is 13.7. The Morgan fingerprint density at radius 3 is 1.63 bits per heavy atom. The number of hydrogen-bond donors (Lipinski definition) is 4. The third-order valence-corrected chi connectivity index (χ3v) is 8.99. The molecule has 310 valence electrons. The first kappa shape index (κ1) is 45.7. The molecule has 0 saturated heterocycles. The third kappa shape index (κ3) is 13.5. The Kier molecular flexibility index (Phi) is 19.3. The van der Waals surface area contributed by atoms with Gasteiger partial charge in [0.25, 0.3) is 0 Å². The predicted molar refractivity (Wildman–Crippen MR) is 223 cm³/mol. The number of methoxy groups -OCH3 is 2. The summed E-state index contributed by atoms with van der Waals surface area (Å²) in [5.74, 6) is 0.890. The van der Waals surface area contributed by atoms with Gasteiger partial charge < -0.3 is 39.9 Å². The van der Waals surface area contributed by atoms with Crippen LogP contribution in [0.1, 0.15) is 96.4 Å². The van der Waals surface area contributed by atoms with Gasteiger partial charge >= 0.3 is 12.2 Å². The van der Waals surface area contributed by atoms with E-state index < -0.39 is 12.2 Å². The zero-order chi connectivity index (χ0) is 41.7. The number of aromatic nitrogens is 4. The van der Waals surface area contributed by atoms with Crippen LogP contribution in [-0.2, 0) is 45.0 Å². The molecule has 4 aromatic rings. The number of fused-ring (bicyclic) bond motifs is 1. The molecule has 0 spiro atoms. The van der Waals surface area contributed by atoms with Gasteiger partial charge in [-0.25, -0.2) is 19.6 Å². The van der Waals surface area contributed by atoms with Gasteiger partial charge in [0, 0.05) is 18.7 Å². The maximum Gasteiger partial charge on any atom is 0.407 e. The number of likely N-dealkylation sites (N-methyl/N-ethyl adjacent to an activating group) is 1. The van der Waals surface area contributed by atoms with Crippen LogP contribution in [0.25, 0.3) is 33.6 Å². The van der Waals surface area contributed by atoms with Gasteiger partial charge in [-0.1, -0.05) is 83.9 Å². The summed E-state index contributed by atoms with van der Waals surface area (Å²) in [7, 11) is 2.52. The standard InChI is InChI=1S/C37H46N8O6.2C3H8/c1-5-17-45(35(47)21-41-37(49)51-4)23-33-39-19-31(43-33)29-16-15-26(27-9-7-8-10-28(27)29)24-11-13-25(14-12-24)30-18-38-32(42-30)22-44(6-2)34(46)20-40-36(48)50-3;2*1-3-2/h11-16,18-19H,5-10,17,20-23H2,1-4H3,(H,38,42)(H,39,43)(H,40,48)(H,41,49);2*3H2,1-2H3. The first-order chi connectivity index (χ1) is 27.6. The molecule has 57 heavy (non-hydrogen) atoms. The highest BCUT2D eigenvalue weighted by molar-refractivity contribution is 5.83. The number of benzene rings is 2. The van der Waals surface area contributed by atoms with Crippen LogP contribution >= 0.6 is 0 Å². The number of carbonyl (C=O) groups excluding carboxylic acids is 4. The highest BCUT2D eigenvalue weighted by Crippen LogP contribution is 2.38. The van der Waals surface area contributed by atoms with Crippen molar-refractivity contribution in [2.75, 3.05) is 40.4 Å². The quantitative estimate of drug-likeness (QED) is 0.101. The van der Waals surface area contributed by atoms with Gasteiger partial charge in [-0.15, -0.1) is 0 Å². The second-order valence-electron chi connectivity index (χ2n) is 13.7. The fourth-order valence-corrected chi connectivity index (χ4v) is 6.35. The number of imidazole rings is 2. The molecule has 0 saturated carbocycles. The topological polar surface area (TPSA) is 175 Å². The molecule has 0 aliphatic heterocycles. The summed E-state index contributed by atoms with van der Waals surface area (Å²) in [5.41, 5.74) is 8.86. The molecular formula is C43H62N8O6. The van der Waals surface area contributed by atoms with Crippen molar-refractivity contribution in [2.45, 2.75) is 99.6 Å². The molecule has 2 heterocycles. The smallest absolute Gasteiger partial charge is 0.407 e. The summed E-state index contributed by atoms with van der Waals surface area (Å²) in [6.07, 6.45) is 9.77. The van der Waals surface area contributed by atoms with Crippen molar-refractivity contribution in [3.8, 4) is 33.6 Å². The second-order valence-corrected chi connectivity index (χ2v) is 13.7. The first-order valence-electron chi connectivity index (χ1n) is 20.1. The van der Waals surface area contributed by atoms with E-state index in [0.717, 1.165) is 60.2 Å². The lowest BCUT2D eigenvalue weighted by molar-refractivity contribution is -0.131. The number of H-pyrrole nitrogens is 2. The molecule has 4 N–H and O–H groups in total. The molecule has 5 rings (SSSR count). The van der Waals surface area contributed by atoms with Crippen molar-refractivity contribution in [1.82, 2.24) is 40.4 Å². The molecule has 0 radical (unpaired) electrons. The van der Waals surface area contributed by atoms with E-state index in [0.29, 0.717) is 31.3 Å². The van der Waals surface area contributed by atoms with Gasteiger partial charge in [-0.3, -0.25) is 9.59 Å². The number of nitrogens with one attached hydrogen (secondary N) is 4. The fraction of sp³-hybridized carbons (Fsp3) is 0.488. The number of ether oxygens (including phenoxy) is 2. The van der Waals surface area contributed by atoms with E-state index in [4.69, 9.17) is 0 Å². The molecule has 4 amide bonds. The van der Waals surface area contributed by atoms with Gasteiger partial charge in [-0.2, -0.15) is 0 Å². The monoisotopic (exact) mass is 786 g/mol. The number of hydrogen-bond acceptors (Lipinski definition) is 8. The normalized spacial score (nSPS) is 11.4. The molecule has 2 aromatic heterocycles. The molecule has 0 fully saturated rings. The summed E-state index contributed by atoms with van der Waals surface area (Å²) in [4.78, 5) is 67.4. The van der Waals surface area contributed by atoms with Crippen LogP contribution in [-0.4, -0.2) is 94.1 Å². The Bertz CT molecular complexity index is 1870. The molecular weight excluding hydrogens is 725 g/mol. The average Bonchev–Trinajstić information content (AvgIpc) is 3.91. The lowest BCUT2D eigenvalue weighted by Gasteiger charge is -2.23. The summed E-state index contributed by atoms with van der Waals surface area (Å²) < 4.78 is 9.13. The maximum absolute atomic E-state index is 12.8. The van der Waals surface area contributed by atoms with Crippen molar-refractivity contribution in [2.24, 2.45) is 0 Å². The minimum Gasteiger partial charge on any atom is -0.453 e. The predicted octanol–water partition coefficient (Wildman–Crippen LogP) is 7.64. The highest BCUT2D eigenvalue weighted by atomic mass is 16.5. The van der Waals surface area contributed by atoms with Crippen LogP contribution in [0.15, 0.2) is 48.8 Å². The number of nitrogens with zero attached hydrogens (tertiary/aromatic N) is 4. The van der Waals surface area contributed by atoms with Crippen molar-refractivity contribution in [3.63, 3.8) is 0 Å². The molecule has 0 unspecified atom stereocenters. The lowest BCUT2D eigenvalue weighted by Crippen LogP contribution is -2.40. The fourth-order valence-electron chi connectivity index (χ4n) is 6.35. The number of alkyl carbamates (subject to hydrolysis) is 2. The second kappa shape index (κ2) is 24.1. The van der Waals surface area contributed by atoms with E-state index >= 15 is 0 Å². The van der Waals surface area contributed by atoms with Crippen LogP contribution in [0.5, 0.6) is 0 Å². The Morgan fingerprint density at radius 2 is 1.11 bits per heavy atom. The van der Waals surface area contributed by atoms with Crippen molar-refractivity contribution in [3.05, 3.63) is 71.6 Å². The van der Waals surface area contributed by atoms with E-state index in [1.165, 1.54) is 43.8 Å². The summed E-state index contributed by atoms with van der Waals surface area (Å²) in [6, 6.07) is 12.7. The maximum atomic E-state index is 12.8. The van der Waals surface area contributed by atoms with E-state index in [9.17, 15) is 19.2 Å². The number of aromatic amines is 2. The van der Waals surface area contributed by atoms with Crippen LogP contribution < -0.4 is 10.6 Å². The van der Waals surface area contributed by atoms with Crippen molar-refractivity contribution < 1.29 is 28.7 Å². The Labute approximate surface area is 337 Å². The number of carbonyl (C=O) groups is 4. The first-order valence-corrected chi connectivity index (χ1v) is 20.1. The van der Waals surface area contributed by atoms with E-state index in [1.807, 2.05) is 20.0 Å². The number of amides is 4. The van der Waals surface area contributed by atoms with E-state index in [-0.39, 0.29) is 31.4 Å². The van der Waals surface area contributed by atoms with Crippen LogP contribution in [0.4, 0.5) is 9.59 Å². The molecule has 0 atom stereocenters. The summed E-state index contributed by atoms with van der Waals surface area (Å²) in [5, 5.41) is 4.88. The van der Waals surface area contributed by atoms with Crippen molar-refractivity contribution >= 4 is 24.0 Å².